The molecule has 2 atom stereocenters. The number of piperidine rings is 1. The molecule has 0 aromatic carbocycles. The van der Waals surface area contributed by atoms with Crippen LogP contribution in [0.1, 0.15) is 39.5 Å². The molecule has 0 aliphatic carbocycles. The van der Waals surface area contributed by atoms with E-state index >= 15 is 0 Å². The van der Waals surface area contributed by atoms with Crippen LogP contribution in [0.3, 0.4) is 0 Å². The van der Waals surface area contributed by atoms with Crippen LogP contribution in [0.5, 0.6) is 0 Å². The van der Waals surface area contributed by atoms with Crippen molar-refractivity contribution in [3.8, 4) is 0 Å². The molecule has 21 heavy (non-hydrogen) atoms. The number of carbonyl (C=O) groups is 2. The zero-order valence-corrected chi connectivity index (χ0v) is 13.7. The summed E-state index contributed by atoms with van der Waals surface area (Å²) in [5.74, 6) is -0.775. The van der Waals surface area contributed by atoms with Crippen LogP contribution in [0.2, 0.25) is 0 Å². The first-order chi connectivity index (χ1) is 9.82. The van der Waals surface area contributed by atoms with Gasteiger partial charge in [-0.05, 0) is 40.3 Å². The Balaban J connectivity index is 2.62. The highest BCUT2D eigenvalue weighted by atomic mass is 16.4. The zero-order chi connectivity index (χ0) is 16.0. The van der Waals surface area contributed by atoms with Gasteiger partial charge in [0.05, 0.1) is 5.41 Å². The van der Waals surface area contributed by atoms with Gasteiger partial charge in [-0.1, -0.05) is 13.3 Å². The first-order valence-electron chi connectivity index (χ1n) is 7.75. The molecule has 1 aliphatic heterocycles. The van der Waals surface area contributed by atoms with Crippen LogP contribution in [-0.4, -0.2) is 66.7 Å². The summed E-state index contributed by atoms with van der Waals surface area (Å²) in [6, 6.07) is 0.101. The average Bonchev–Trinajstić information content (AvgIpc) is 2.44. The van der Waals surface area contributed by atoms with Crippen LogP contribution in [-0.2, 0) is 4.79 Å². The highest BCUT2D eigenvalue weighted by molar-refractivity contribution is 5.78. The number of likely N-dealkylation sites (N-methyl/N-ethyl adjacent to an activating group) is 1. The van der Waals surface area contributed by atoms with Gasteiger partial charge in [-0.2, -0.15) is 0 Å². The number of nitrogens with zero attached hydrogens (tertiary/aromatic N) is 2. The SMILES string of the molecule is CCCC1(C(=O)O)CCCN(C(=O)NCC(C)N(C)C)C1. The molecule has 6 heteroatoms. The highest BCUT2D eigenvalue weighted by Crippen LogP contribution is 2.35. The number of urea groups is 1. The summed E-state index contributed by atoms with van der Waals surface area (Å²) in [6.07, 6.45) is 2.86. The number of aliphatic carboxylic acids is 1. The second kappa shape index (κ2) is 7.64. The minimum Gasteiger partial charge on any atom is -0.481 e. The number of carboxylic acids is 1. The molecular formula is C15H29N3O3. The van der Waals surface area contributed by atoms with E-state index in [1.54, 1.807) is 4.90 Å². The van der Waals surface area contributed by atoms with Gasteiger partial charge in [-0.25, -0.2) is 4.79 Å². The van der Waals surface area contributed by atoms with Gasteiger partial charge in [-0.3, -0.25) is 4.79 Å². The van der Waals surface area contributed by atoms with Crippen LogP contribution < -0.4 is 5.32 Å². The molecule has 1 rings (SSSR count). The normalized spacial score (nSPS) is 24.0. The lowest BCUT2D eigenvalue weighted by Gasteiger charge is -2.40. The molecule has 0 aromatic rings. The van der Waals surface area contributed by atoms with Crippen molar-refractivity contribution in [2.45, 2.75) is 45.6 Å². The van der Waals surface area contributed by atoms with Crippen molar-refractivity contribution < 1.29 is 14.7 Å². The number of hydrogen-bond donors (Lipinski definition) is 2. The molecule has 0 saturated carbocycles. The minimum absolute atomic E-state index is 0.148. The Morgan fingerprint density at radius 1 is 1.43 bits per heavy atom. The Labute approximate surface area is 127 Å². The van der Waals surface area contributed by atoms with Gasteiger partial charge in [0.25, 0.3) is 0 Å². The summed E-state index contributed by atoms with van der Waals surface area (Å²) in [5.41, 5.74) is -0.766. The van der Waals surface area contributed by atoms with Gasteiger partial charge in [0.15, 0.2) is 0 Å². The van der Waals surface area contributed by atoms with Crippen LogP contribution in [0.4, 0.5) is 4.79 Å². The van der Waals surface area contributed by atoms with E-state index in [0.717, 1.165) is 12.8 Å². The summed E-state index contributed by atoms with van der Waals surface area (Å²) >= 11 is 0. The fourth-order valence-electron chi connectivity index (χ4n) is 2.80. The molecule has 2 amide bonds. The van der Waals surface area contributed by atoms with Crippen molar-refractivity contribution in [3.63, 3.8) is 0 Å². The molecule has 0 bridgehead atoms. The minimum atomic E-state index is -0.775. The number of carboxylic acid groups (broad SMARTS) is 1. The molecule has 0 spiro atoms. The van der Waals surface area contributed by atoms with E-state index in [9.17, 15) is 14.7 Å². The first kappa shape index (κ1) is 17.8. The summed E-state index contributed by atoms with van der Waals surface area (Å²) < 4.78 is 0. The summed E-state index contributed by atoms with van der Waals surface area (Å²) in [4.78, 5) is 27.6. The van der Waals surface area contributed by atoms with E-state index in [2.05, 4.69) is 5.32 Å². The van der Waals surface area contributed by atoms with Crippen molar-refractivity contribution in [3.05, 3.63) is 0 Å². The van der Waals surface area contributed by atoms with E-state index in [4.69, 9.17) is 0 Å². The van der Waals surface area contributed by atoms with Crippen molar-refractivity contribution in [2.75, 3.05) is 33.7 Å². The average molecular weight is 299 g/mol. The topological polar surface area (TPSA) is 72.9 Å². The number of likely N-dealkylation sites (tertiary alicyclic amines) is 1. The molecule has 2 unspecified atom stereocenters. The number of carbonyl (C=O) groups excluding carboxylic acids is 1. The molecule has 6 nitrogen and oxygen atoms in total. The van der Waals surface area contributed by atoms with Gasteiger partial charge in [0.2, 0.25) is 0 Å². The predicted molar refractivity (Wildman–Crippen MR) is 82.3 cm³/mol. The highest BCUT2D eigenvalue weighted by Gasteiger charge is 2.42. The molecule has 0 radical (unpaired) electrons. The smallest absolute Gasteiger partial charge is 0.317 e. The van der Waals surface area contributed by atoms with Gasteiger partial charge in [0.1, 0.15) is 0 Å². The summed E-state index contributed by atoms with van der Waals surface area (Å²) in [6.45, 7) is 5.55. The molecule has 1 fully saturated rings. The predicted octanol–water partition coefficient (Wildman–Crippen LogP) is 1.61. The maximum Gasteiger partial charge on any atom is 0.317 e. The number of hydrogen-bond acceptors (Lipinski definition) is 3. The van der Waals surface area contributed by atoms with Crippen molar-refractivity contribution in [1.29, 1.82) is 0 Å². The zero-order valence-electron chi connectivity index (χ0n) is 13.7. The monoisotopic (exact) mass is 299 g/mol. The number of nitrogens with one attached hydrogen (secondary N) is 1. The van der Waals surface area contributed by atoms with Gasteiger partial charge in [0, 0.05) is 25.7 Å². The van der Waals surface area contributed by atoms with Gasteiger partial charge in [-0.15, -0.1) is 0 Å². The lowest BCUT2D eigenvalue weighted by atomic mass is 9.76. The Kier molecular flexibility index (Phi) is 6.45. The molecule has 1 heterocycles. The fourth-order valence-corrected chi connectivity index (χ4v) is 2.80. The Morgan fingerprint density at radius 3 is 2.62 bits per heavy atom. The van der Waals surface area contributed by atoms with E-state index in [-0.39, 0.29) is 12.1 Å². The Morgan fingerprint density at radius 2 is 2.10 bits per heavy atom. The van der Waals surface area contributed by atoms with Crippen molar-refractivity contribution >= 4 is 12.0 Å². The fraction of sp³-hybridized carbons (Fsp3) is 0.867. The van der Waals surface area contributed by atoms with E-state index in [1.807, 2.05) is 32.8 Å². The summed E-state index contributed by atoms with van der Waals surface area (Å²) in [7, 11) is 3.93. The van der Waals surface area contributed by atoms with Gasteiger partial charge < -0.3 is 20.2 Å². The third kappa shape index (κ3) is 4.59. The largest absolute Gasteiger partial charge is 0.481 e. The Hall–Kier alpha value is -1.30. The molecule has 1 aliphatic rings. The van der Waals surface area contributed by atoms with E-state index in [1.165, 1.54) is 0 Å². The lowest BCUT2D eigenvalue weighted by molar-refractivity contribution is -0.152. The van der Waals surface area contributed by atoms with Crippen molar-refractivity contribution in [1.82, 2.24) is 15.1 Å². The number of rotatable bonds is 6. The van der Waals surface area contributed by atoms with Crippen LogP contribution in [0.15, 0.2) is 0 Å². The van der Waals surface area contributed by atoms with E-state index in [0.29, 0.717) is 32.5 Å². The van der Waals surface area contributed by atoms with Crippen LogP contribution >= 0.6 is 0 Å². The third-order valence-electron chi connectivity index (χ3n) is 4.48. The molecule has 122 valence electrons. The van der Waals surface area contributed by atoms with E-state index < -0.39 is 11.4 Å². The maximum absolute atomic E-state index is 12.2. The van der Waals surface area contributed by atoms with Crippen LogP contribution in [0, 0.1) is 5.41 Å². The first-order valence-corrected chi connectivity index (χ1v) is 7.75. The number of amides is 2. The Bertz CT molecular complexity index is 369. The second-order valence-electron chi connectivity index (χ2n) is 6.36. The summed E-state index contributed by atoms with van der Waals surface area (Å²) in [5, 5.41) is 12.4. The molecular weight excluding hydrogens is 270 g/mol. The molecule has 2 N–H and O–H groups in total. The van der Waals surface area contributed by atoms with Gasteiger partial charge >= 0.3 is 12.0 Å². The van der Waals surface area contributed by atoms with Crippen molar-refractivity contribution in [2.24, 2.45) is 5.41 Å². The second-order valence-corrected chi connectivity index (χ2v) is 6.36. The molecule has 0 aromatic heterocycles. The quantitative estimate of drug-likeness (QED) is 0.781. The molecule has 1 saturated heterocycles. The third-order valence-corrected chi connectivity index (χ3v) is 4.48. The standard InChI is InChI=1S/C15H29N3O3/c1-5-7-15(13(19)20)8-6-9-18(11-15)14(21)16-10-12(2)17(3)4/h12H,5-11H2,1-4H3,(H,16,21)(H,19,20). The lowest BCUT2D eigenvalue weighted by Crippen LogP contribution is -2.53. The maximum atomic E-state index is 12.2. The van der Waals surface area contributed by atoms with Crippen LogP contribution in [0.25, 0.3) is 0 Å².